The van der Waals surface area contributed by atoms with Crippen LogP contribution >= 0.6 is 11.8 Å². The third-order valence-electron chi connectivity index (χ3n) is 4.64. The van der Waals surface area contributed by atoms with Gasteiger partial charge in [-0.25, -0.2) is 0 Å². The lowest BCUT2D eigenvalue weighted by Crippen LogP contribution is -2.30. The van der Waals surface area contributed by atoms with Crippen molar-refractivity contribution in [1.82, 2.24) is 5.32 Å². The summed E-state index contributed by atoms with van der Waals surface area (Å²) in [5.41, 5.74) is 4.53. The molecule has 1 unspecified atom stereocenters. The molecule has 6 heteroatoms. The Hall–Kier alpha value is -2.65. The number of rotatable bonds is 5. The van der Waals surface area contributed by atoms with Crippen LogP contribution in [0.1, 0.15) is 26.7 Å². The van der Waals surface area contributed by atoms with Crippen LogP contribution in [0.4, 0.5) is 0 Å². The van der Waals surface area contributed by atoms with Gasteiger partial charge >= 0.3 is 5.97 Å². The summed E-state index contributed by atoms with van der Waals surface area (Å²) in [4.78, 5) is 12.8. The topological polar surface area (TPSA) is 71.3 Å². The van der Waals surface area contributed by atoms with Crippen molar-refractivity contribution in [3.63, 3.8) is 0 Å². The first-order chi connectivity index (χ1) is 13.0. The van der Waals surface area contributed by atoms with Crippen molar-refractivity contribution < 1.29 is 14.3 Å². The molecule has 0 aromatic rings. The molecule has 0 saturated heterocycles. The van der Waals surface area contributed by atoms with Crippen LogP contribution in [0.3, 0.4) is 0 Å². The second-order valence-corrected chi connectivity index (χ2v) is 7.59. The summed E-state index contributed by atoms with van der Waals surface area (Å²) in [6, 6.07) is 2.47. The number of nitrogens with one attached hydrogen (secondary N) is 1. The Morgan fingerprint density at radius 1 is 1.41 bits per heavy atom. The Balaban J connectivity index is 1.81. The van der Waals surface area contributed by atoms with Gasteiger partial charge in [0.2, 0.25) is 0 Å². The van der Waals surface area contributed by atoms with E-state index in [9.17, 15) is 10.1 Å². The molecule has 1 N–H and O–H groups in total. The van der Waals surface area contributed by atoms with E-state index in [2.05, 4.69) is 24.4 Å². The van der Waals surface area contributed by atoms with E-state index in [1.54, 1.807) is 17.8 Å². The minimum Gasteiger partial charge on any atom is -0.489 e. The Morgan fingerprint density at radius 3 is 2.93 bits per heavy atom. The van der Waals surface area contributed by atoms with E-state index in [0.29, 0.717) is 24.4 Å². The van der Waals surface area contributed by atoms with Gasteiger partial charge in [-0.1, -0.05) is 6.08 Å². The molecule has 0 radical (unpaired) electrons. The van der Waals surface area contributed by atoms with Crippen LogP contribution in [0.15, 0.2) is 68.4 Å². The van der Waals surface area contributed by atoms with Gasteiger partial charge in [0.15, 0.2) is 0 Å². The summed E-state index contributed by atoms with van der Waals surface area (Å²) < 4.78 is 10.8. The van der Waals surface area contributed by atoms with Crippen LogP contribution in [-0.4, -0.2) is 25.7 Å². The Bertz CT molecular complexity index is 882. The highest BCUT2D eigenvalue weighted by Crippen LogP contribution is 2.41. The highest BCUT2D eigenvalue weighted by Gasteiger charge is 2.23. The third kappa shape index (κ3) is 4.55. The minimum atomic E-state index is -0.308. The molecule has 0 aromatic heterocycles. The first-order valence-corrected chi connectivity index (χ1v) is 9.63. The molecule has 2 heterocycles. The number of nitriles is 1. The van der Waals surface area contributed by atoms with Gasteiger partial charge in [-0.15, -0.1) is 11.8 Å². The number of ether oxygens (including phenoxy) is 2. The molecular formula is C21H22N2O3S. The van der Waals surface area contributed by atoms with E-state index in [-0.39, 0.29) is 18.4 Å². The van der Waals surface area contributed by atoms with Crippen LogP contribution in [0.25, 0.3) is 0 Å². The molecule has 1 aliphatic carbocycles. The first kappa shape index (κ1) is 19.1. The van der Waals surface area contributed by atoms with Crippen LogP contribution in [-0.2, 0) is 14.3 Å². The van der Waals surface area contributed by atoms with Gasteiger partial charge in [-0.3, -0.25) is 4.79 Å². The largest absolute Gasteiger partial charge is 0.489 e. The molecule has 0 aromatic carbocycles. The van der Waals surface area contributed by atoms with Crippen molar-refractivity contribution >= 4 is 17.7 Å². The standard InChI is InChI=1S/C21H22N2O3S/c1-13-4-5-15(14(2)23-13)11-26-18-6-16(10-22)20-9-19(8-18)27-12-17(20)7-21(24)25-3/h4-6,8,12,14,23H,7,9,11H2,1-3H3. The number of allylic oxidation sites excluding steroid dienone is 8. The van der Waals surface area contributed by atoms with E-state index >= 15 is 0 Å². The number of hydrogen-bond acceptors (Lipinski definition) is 6. The van der Waals surface area contributed by atoms with Crippen molar-refractivity contribution in [3.05, 3.63) is 68.4 Å². The molecule has 0 saturated carbocycles. The summed E-state index contributed by atoms with van der Waals surface area (Å²) in [6.45, 7) is 4.58. The molecule has 2 aliphatic heterocycles. The lowest BCUT2D eigenvalue weighted by molar-refractivity contribution is -0.139. The smallest absolute Gasteiger partial charge is 0.310 e. The predicted octanol–water partition coefficient (Wildman–Crippen LogP) is 4.01. The number of carbonyl (C=O) groups excluding carboxylic acids is 1. The van der Waals surface area contributed by atoms with E-state index in [4.69, 9.17) is 9.47 Å². The molecule has 2 bridgehead atoms. The fourth-order valence-electron chi connectivity index (χ4n) is 3.09. The summed E-state index contributed by atoms with van der Waals surface area (Å²) >= 11 is 1.56. The molecule has 0 fully saturated rings. The van der Waals surface area contributed by atoms with E-state index in [1.807, 2.05) is 24.5 Å². The van der Waals surface area contributed by atoms with Gasteiger partial charge < -0.3 is 14.8 Å². The number of methoxy groups -OCH3 is 1. The SMILES string of the molecule is COC(=O)CC1=CSC2=CC(OCC3=CC=C(C)NC3C)=CC(C#N)=C1C2. The molecule has 0 spiro atoms. The number of hydrogen-bond donors (Lipinski definition) is 1. The molecule has 5 nitrogen and oxygen atoms in total. The van der Waals surface area contributed by atoms with Crippen molar-refractivity contribution in [3.8, 4) is 6.07 Å². The average Bonchev–Trinajstić information content (AvgIpc) is 2.79. The molecule has 3 rings (SSSR count). The van der Waals surface area contributed by atoms with Crippen LogP contribution in [0, 0.1) is 11.3 Å². The first-order valence-electron chi connectivity index (χ1n) is 8.75. The highest BCUT2D eigenvalue weighted by molar-refractivity contribution is 8.05. The fraction of sp³-hybridized carbons (Fsp3) is 0.333. The van der Waals surface area contributed by atoms with Gasteiger partial charge in [-0.05, 0) is 59.1 Å². The fourth-order valence-corrected chi connectivity index (χ4v) is 4.02. The van der Waals surface area contributed by atoms with Crippen molar-refractivity contribution in [1.29, 1.82) is 5.26 Å². The molecular weight excluding hydrogens is 360 g/mol. The number of fused-ring (bicyclic) bond motifs is 2. The number of dihydropyridines is 1. The van der Waals surface area contributed by atoms with Crippen molar-refractivity contribution in [2.45, 2.75) is 32.7 Å². The number of esters is 1. The maximum Gasteiger partial charge on any atom is 0.310 e. The maximum absolute atomic E-state index is 11.7. The highest BCUT2D eigenvalue weighted by atomic mass is 32.2. The zero-order chi connectivity index (χ0) is 19.4. The molecule has 1 atom stereocenters. The molecule has 3 aliphatic rings. The quantitative estimate of drug-likeness (QED) is 0.725. The van der Waals surface area contributed by atoms with Gasteiger partial charge in [0.05, 0.1) is 25.2 Å². The second kappa shape index (κ2) is 8.36. The zero-order valence-corrected chi connectivity index (χ0v) is 16.5. The Labute approximate surface area is 163 Å². The Kier molecular flexibility index (Phi) is 5.92. The average molecular weight is 382 g/mol. The second-order valence-electron chi connectivity index (χ2n) is 6.60. The Morgan fingerprint density at radius 2 is 2.22 bits per heavy atom. The summed E-state index contributed by atoms with van der Waals surface area (Å²) in [7, 11) is 1.37. The lowest BCUT2D eigenvalue weighted by Gasteiger charge is -2.23. The minimum absolute atomic E-state index is 0.170. The van der Waals surface area contributed by atoms with Gasteiger partial charge in [0, 0.05) is 18.2 Å². The van der Waals surface area contributed by atoms with E-state index < -0.39 is 0 Å². The van der Waals surface area contributed by atoms with Crippen LogP contribution in [0.5, 0.6) is 0 Å². The summed E-state index contributed by atoms with van der Waals surface area (Å²) in [6.07, 6.45) is 8.65. The van der Waals surface area contributed by atoms with Crippen molar-refractivity contribution in [2.75, 3.05) is 13.7 Å². The van der Waals surface area contributed by atoms with Gasteiger partial charge in [0.1, 0.15) is 12.4 Å². The van der Waals surface area contributed by atoms with E-state index in [1.165, 1.54) is 7.11 Å². The molecule has 0 amide bonds. The van der Waals surface area contributed by atoms with Gasteiger partial charge in [0.25, 0.3) is 0 Å². The van der Waals surface area contributed by atoms with Gasteiger partial charge in [-0.2, -0.15) is 5.26 Å². The normalized spacial score (nSPS) is 21.4. The third-order valence-corrected chi connectivity index (χ3v) is 5.61. The number of nitrogens with zero attached hydrogens (tertiary/aromatic N) is 1. The predicted molar refractivity (Wildman–Crippen MR) is 106 cm³/mol. The van der Waals surface area contributed by atoms with E-state index in [0.717, 1.165) is 27.3 Å². The summed E-state index contributed by atoms with van der Waals surface area (Å²) in [5, 5.41) is 14.9. The van der Waals surface area contributed by atoms with Crippen molar-refractivity contribution in [2.24, 2.45) is 0 Å². The summed E-state index contributed by atoms with van der Waals surface area (Å²) in [5.74, 6) is 0.356. The van der Waals surface area contributed by atoms with Crippen LogP contribution in [0.2, 0.25) is 0 Å². The molecule has 140 valence electrons. The zero-order valence-electron chi connectivity index (χ0n) is 15.7. The maximum atomic E-state index is 11.7. The molecule has 27 heavy (non-hydrogen) atoms. The monoisotopic (exact) mass is 382 g/mol. The number of carbonyl (C=O) groups is 1. The lowest BCUT2D eigenvalue weighted by atomic mass is 9.96. The number of thioether (sulfide) groups is 1. The van der Waals surface area contributed by atoms with Crippen LogP contribution < -0.4 is 5.32 Å².